The maximum absolute atomic E-state index is 12.5. The van der Waals surface area contributed by atoms with Crippen molar-refractivity contribution in [1.29, 1.82) is 0 Å². The van der Waals surface area contributed by atoms with Gasteiger partial charge in [-0.15, -0.1) is 0 Å². The number of hydrogen-bond acceptors (Lipinski definition) is 8. The first-order valence-corrected chi connectivity index (χ1v) is 17.1. The molecule has 2 aliphatic carbocycles. The summed E-state index contributed by atoms with van der Waals surface area (Å²) in [7, 11) is 5.02. The van der Waals surface area contributed by atoms with E-state index < -0.39 is 5.60 Å². The van der Waals surface area contributed by atoms with Gasteiger partial charge in [-0.05, 0) is 112 Å². The van der Waals surface area contributed by atoms with Crippen LogP contribution >= 0.6 is 0 Å². The zero-order valence-electron chi connectivity index (χ0n) is 28.4. The molecule has 2 atom stereocenters. The predicted octanol–water partition coefficient (Wildman–Crippen LogP) is 6.03. The Balaban J connectivity index is 1.38. The average molecular weight is 651 g/mol. The molecule has 0 radical (unpaired) electrons. The number of phenolic OH excluding ortho intramolecular Hbond substituents is 2. The van der Waals surface area contributed by atoms with E-state index in [1.807, 2.05) is 25.3 Å². The van der Waals surface area contributed by atoms with Crippen LogP contribution in [0, 0.1) is 5.92 Å². The fourth-order valence-electron chi connectivity index (χ4n) is 6.79. The number of nitrogens with one attached hydrogen (secondary N) is 2. The van der Waals surface area contributed by atoms with Gasteiger partial charge in [-0.25, -0.2) is 0 Å². The average Bonchev–Trinajstić information content (AvgIpc) is 3.47. The number of carbonyl (C=O) groups is 1. The van der Waals surface area contributed by atoms with Crippen LogP contribution in [-0.4, -0.2) is 68.0 Å². The van der Waals surface area contributed by atoms with Gasteiger partial charge in [0.2, 0.25) is 0 Å². The van der Waals surface area contributed by atoms with Crippen molar-refractivity contribution in [3.63, 3.8) is 0 Å². The fraction of sp³-hybridized carbons (Fsp3) is 0.568. The van der Waals surface area contributed by atoms with Gasteiger partial charge in [-0.2, -0.15) is 0 Å². The SMILES string of the molecule is CN=C(N)Nc1cc(CCC=CC(=O)CCc2ccc(O)c(OC)c2)cc(OC2(CNC)CCC(CCOC3CCCCC3)C2)c1O. The molecule has 2 unspecified atom stereocenters. The number of carbonyl (C=O) groups excluding carboxylic acids is 1. The number of allylic oxidation sites excluding steroid dienone is 2. The molecule has 4 rings (SSSR count). The maximum atomic E-state index is 12.5. The van der Waals surface area contributed by atoms with Gasteiger partial charge in [0.1, 0.15) is 5.60 Å². The molecule has 10 heteroatoms. The number of hydrogen-bond donors (Lipinski definition) is 5. The fourth-order valence-corrected chi connectivity index (χ4v) is 6.79. The van der Waals surface area contributed by atoms with Crippen LogP contribution in [0.5, 0.6) is 23.0 Å². The van der Waals surface area contributed by atoms with Gasteiger partial charge in [0.25, 0.3) is 0 Å². The monoisotopic (exact) mass is 650 g/mol. The van der Waals surface area contributed by atoms with Crippen LogP contribution in [0.2, 0.25) is 0 Å². The number of rotatable bonds is 17. The van der Waals surface area contributed by atoms with Crippen LogP contribution in [-0.2, 0) is 22.4 Å². The number of anilines is 1. The first kappa shape index (κ1) is 36.1. The topological polar surface area (TPSA) is 148 Å². The van der Waals surface area contributed by atoms with Crippen LogP contribution in [0.1, 0.15) is 81.8 Å². The second kappa shape index (κ2) is 18.0. The smallest absolute Gasteiger partial charge is 0.192 e. The molecule has 47 heavy (non-hydrogen) atoms. The lowest BCUT2D eigenvalue weighted by molar-refractivity contribution is -0.114. The number of aryl methyl sites for hydroxylation is 2. The summed E-state index contributed by atoms with van der Waals surface area (Å²) in [5.41, 5.74) is 7.82. The lowest BCUT2D eigenvalue weighted by Crippen LogP contribution is -2.42. The number of phenols is 2. The summed E-state index contributed by atoms with van der Waals surface area (Å²) in [4.78, 5) is 16.5. The molecule has 258 valence electrons. The number of benzene rings is 2. The Morgan fingerprint density at radius 1 is 1.09 bits per heavy atom. The van der Waals surface area contributed by atoms with Crippen molar-refractivity contribution in [3.05, 3.63) is 53.6 Å². The summed E-state index contributed by atoms with van der Waals surface area (Å²) in [6, 6.07) is 8.85. The number of ketones is 1. The number of aromatic hydroxyl groups is 2. The van der Waals surface area contributed by atoms with Crippen molar-refractivity contribution in [2.45, 2.75) is 95.2 Å². The Hall–Kier alpha value is -3.76. The Labute approximate surface area is 279 Å². The van der Waals surface area contributed by atoms with E-state index in [2.05, 4.69) is 15.6 Å². The third kappa shape index (κ3) is 10.9. The van der Waals surface area contributed by atoms with Gasteiger partial charge < -0.3 is 40.8 Å². The van der Waals surface area contributed by atoms with Crippen molar-refractivity contribution in [2.24, 2.45) is 16.6 Å². The number of likely N-dealkylation sites (N-methyl/N-ethyl adjacent to an activating group) is 1. The molecule has 0 saturated heterocycles. The largest absolute Gasteiger partial charge is 0.504 e. The van der Waals surface area contributed by atoms with E-state index in [9.17, 15) is 15.0 Å². The zero-order chi connectivity index (χ0) is 33.6. The van der Waals surface area contributed by atoms with E-state index in [4.69, 9.17) is 19.9 Å². The van der Waals surface area contributed by atoms with Gasteiger partial charge in [0.05, 0.1) is 18.9 Å². The molecule has 6 N–H and O–H groups in total. The molecule has 2 aromatic rings. The first-order chi connectivity index (χ1) is 22.7. The van der Waals surface area contributed by atoms with E-state index in [0.717, 1.165) is 43.4 Å². The van der Waals surface area contributed by atoms with Crippen LogP contribution in [0.3, 0.4) is 0 Å². The van der Waals surface area contributed by atoms with Crippen molar-refractivity contribution >= 4 is 17.4 Å². The summed E-state index contributed by atoms with van der Waals surface area (Å²) in [6.07, 6.45) is 16.1. The standard InChI is InChI=1S/C37H54N4O6/c1-39-25-37(19-17-27(24-37)18-20-46-30-11-5-4-6-12-30)47-34-23-28(21-31(35(34)44)41-36(38)40-2)9-7-8-10-29(42)15-13-26-14-16-32(43)33(22-26)45-3/h8,10,14,16,21-23,27,30,39,43-44H,4-7,9,11-13,15,17-20,24-25H2,1-3H3,(H3,38,40,41). The van der Waals surface area contributed by atoms with Crippen molar-refractivity contribution in [1.82, 2.24) is 5.32 Å². The van der Waals surface area contributed by atoms with Gasteiger partial charge in [0.15, 0.2) is 34.7 Å². The van der Waals surface area contributed by atoms with Crippen molar-refractivity contribution < 1.29 is 29.2 Å². The second-order valence-electron chi connectivity index (χ2n) is 13.0. The Morgan fingerprint density at radius 2 is 1.87 bits per heavy atom. The highest BCUT2D eigenvalue weighted by Crippen LogP contribution is 2.44. The first-order valence-electron chi connectivity index (χ1n) is 17.1. The normalized spacial score (nSPS) is 20.5. The minimum atomic E-state index is -0.449. The lowest BCUT2D eigenvalue weighted by Gasteiger charge is -2.32. The highest BCUT2D eigenvalue weighted by Gasteiger charge is 2.41. The van der Waals surface area contributed by atoms with E-state index in [-0.39, 0.29) is 23.2 Å². The summed E-state index contributed by atoms with van der Waals surface area (Å²) < 4.78 is 18.1. The summed E-state index contributed by atoms with van der Waals surface area (Å²) >= 11 is 0. The lowest BCUT2D eigenvalue weighted by atomic mass is 9.96. The maximum Gasteiger partial charge on any atom is 0.192 e. The molecule has 0 spiro atoms. The predicted molar refractivity (Wildman–Crippen MR) is 187 cm³/mol. The molecule has 0 aromatic heterocycles. The summed E-state index contributed by atoms with van der Waals surface area (Å²) in [6.45, 7) is 1.46. The zero-order valence-corrected chi connectivity index (χ0v) is 28.4. The third-order valence-corrected chi connectivity index (χ3v) is 9.37. The van der Waals surface area contributed by atoms with E-state index in [0.29, 0.717) is 61.4 Å². The van der Waals surface area contributed by atoms with Gasteiger partial charge in [0, 0.05) is 26.6 Å². The number of guanidine groups is 1. The molecular weight excluding hydrogens is 596 g/mol. The number of nitrogens with zero attached hydrogens (tertiary/aromatic N) is 1. The van der Waals surface area contributed by atoms with Crippen LogP contribution < -0.4 is 25.8 Å². The van der Waals surface area contributed by atoms with E-state index in [1.54, 1.807) is 31.3 Å². The van der Waals surface area contributed by atoms with E-state index >= 15 is 0 Å². The van der Waals surface area contributed by atoms with Crippen molar-refractivity contribution in [3.8, 4) is 23.0 Å². The molecule has 0 amide bonds. The van der Waals surface area contributed by atoms with Crippen molar-refractivity contribution in [2.75, 3.05) is 39.7 Å². The van der Waals surface area contributed by atoms with Gasteiger partial charge >= 0.3 is 0 Å². The minimum Gasteiger partial charge on any atom is -0.504 e. The van der Waals surface area contributed by atoms with Crippen LogP contribution in [0.25, 0.3) is 0 Å². The van der Waals surface area contributed by atoms with E-state index in [1.165, 1.54) is 39.2 Å². The molecule has 10 nitrogen and oxygen atoms in total. The Bertz CT molecular complexity index is 1370. The summed E-state index contributed by atoms with van der Waals surface area (Å²) in [5, 5.41) is 27.4. The molecule has 2 aromatic carbocycles. The second-order valence-corrected chi connectivity index (χ2v) is 13.0. The molecule has 0 heterocycles. The highest BCUT2D eigenvalue weighted by atomic mass is 16.5. The summed E-state index contributed by atoms with van der Waals surface area (Å²) in [5.74, 6) is 1.58. The number of aliphatic imine (C=N–C) groups is 1. The number of ether oxygens (including phenoxy) is 3. The molecular formula is C37H54N4O6. The Kier molecular flexibility index (Phi) is 13.8. The number of nitrogens with two attached hydrogens (primary N) is 1. The quantitative estimate of drug-likeness (QED) is 0.0599. The van der Waals surface area contributed by atoms with Gasteiger partial charge in [-0.3, -0.25) is 9.79 Å². The molecule has 0 bridgehead atoms. The van der Waals surface area contributed by atoms with Crippen LogP contribution in [0.15, 0.2) is 47.5 Å². The van der Waals surface area contributed by atoms with Gasteiger partial charge in [-0.1, -0.05) is 31.4 Å². The highest BCUT2D eigenvalue weighted by molar-refractivity contribution is 5.94. The molecule has 2 aliphatic rings. The molecule has 0 aliphatic heterocycles. The van der Waals surface area contributed by atoms with Crippen LogP contribution in [0.4, 0.5) is 5.69 Å². The number of methoxy groups -OCH3 is 1. The molecule has 2 saturated carbocycles. The third-order valence-electron chi connectivity index (χ3n) is 9.37. The Morgan fingerprint density at radius 3 is 2.62 bits per heavy atom. The molecule has 2 fully saturated rings. The minimum absolute atomic E-state index is 0.00325.